The Labute approximate surface area is 187 Å². The van der Waals surface area contributed by atoms with Gasteiger partial charge in [-0.2, -0.15) is 15.0 Å². The van der Waals surface area contributed by atoms with Crippen LogP contribution in [0.4, 0.5) is 17.6 Å². The molecule has 0 fully saturated rings. The summed E-state index contributed by atoms with van der Waals surface area (Å²) in [5, 5.41) is 11.4. The number of ether oxygens (including phenoxy) is 1. The molecule has 0 unspecified atom stereocenters. The van der Waals surface area contributed by atoms with Gasteiger partial charge in [-0.05, 0) is 36.8 Å². The Morgan fingerprint density at radius 1 is 1.13 bits per heavy atom. The van der Waals surface area contributed by atoms with Gasteiger partial charge >= 0.3 is 0 Å². The molecule has 158 valence electrons. The van der Waals surface area contributed by atoms with Gasteiger partial charge in [0.1, 0.15) is 11.6 Å². The molecule has 0 amide bonds. The number of nitrogens with zero attached hydrogens (tertiary/aromatic N) is 5. The second kappa shape index (κ2) is 9.19. The third-order valence-corrected chi connectivity index (χ3v) is 5.38. The first kappa shape index (κ1) is 20.9. The van der Waals surface area contributed by atoms with Gasteiger partial charge in [-0.3, -0.25) is 5.10 Å². The molecule has 0 spiro atoms. The van der Waals surface area contributed by atoms with Crippen LogP contribution in [0.25, 0.3) is 11.4 Å². The molecule has 4 rings (SSSR count). The van der Waals surface area contributed by atoms with Crippen molar-refractivity contribution in [3.63, 3.8) is 0 Å². The van der Waals surface area contributed by atoms with Crippen LogP contribution in [-0.4, -0.2) is 37.2 Å². The van der Waals surface area contributed by atoms with Gasteiger partial charge < -0.3 is 15.8 Å². The van der Waals surface area contributed by atoms with Crippen molar-refractivity contribution < 1.29 is 4.74 Å². The van der Waals surface area contributed by atoms with E-state index in [9.17, 15) is 0 Å². The van der Waals surface area contributed by atoms with Crippen LogP contribution in [0.15, 0.2) is 47.6 Å². The summed E-state index contributed by atoms with van der Waals surface area (Å²) in [6.07, 6.45) is 0. The minimum atomic E-state index is 0.140. The Morgan fingerprint density at radius 3 is 2.77 bits per heavy atom. The second-order valence-electron chi connectivity index (χ2n) is 6.47. The predicted octanol–water partition coefficient (Wildman–Crippen LogP) is 4.25. The largest absolute Gasteiger partial charge is 0.496 e. The fraction of sp³-hybridized carbons (Fsp3) is 0.150. The minimum absolute atomic E-state index is 0.140. The Morgan fingerprint density at radius 2 is 1.97 bits per heavy atom. The van der Waals surface area contributed by atoms with E-state index in [1.54, 1.807) is 25.3 Å². The molecule has 4 aromatic rings. The zero-order valence-electron chi connectivity index (χ0n) is 16.8. The molecule has 2 aromatic carbocycles. The lowest BCUT2D eigenvalue weighted by molar-refractivity contribution is 0.416. The molecule has 0 radical (unpaired) electrons. The third kappa shape index (κ3) is 5.04. The van der Waals surface area contributed by atoms with Gasteiger partial charge in [-0.1, -0.05) is 41.6 Å². The molecule has 0 aliphatic heterocycles. The minimum Gasteiger partial charge on any atom is -0.496 e. The summed E-state index contributed by atoms with van der Waals surface area (Å²) in [5.74, 6) is 2.66. The summed E-state index contributed by atoms with van der Waals surface area (Å²) in [5.41, 5.74) is 8.57. The summed E-state index contributed by atoms with van der Waals surface area (Å²) >= 11 is 7.48. The average Bonchev–Trinajstić information content (AvgIpc) is 3.22. The van der Waals surface area contributed by atoms with Crippen molar-refractivity contribution in [2.75, 3.05) is 18.2 Å². The predicted molar refractivity (Wildman–Crippen MR) is 122 cm³/mol. The highest BCUT2D eigenvalue weighted by atomic mass is 35.5. The number of nitrogens with one attached hydrogen (secondary N) is 2. The maximum absolute atomic E-state index is 6.11. The van der Waals surface area contributed by atoms with Gasteiger partial charge in [0.25, 0.3) is 0 Å². The molecule has 0 bridgehead atoms. The fourth-order valence-electron chi connectivity index (χ4n) is 2.82. The van der Waals surface area contributed by atoms with E-state index in [1.165, 1.54) is 11.8 Å². The SMILES string of the molecule is COc1ccc(Cl)cc1-c1nc(SCc2nc(N)nc(Nc3ccccc3C)n2)n[nH]1. The standard InChI is InChI=1S/C20H19ClN8OS/c1-11-5-3-4-6-14(11)23-19-25-16(24-18(22)27-19)10-31-20-26-17(28-29-20)13-9-12(21)7-8-15(13)30-2/h3-9H,10H2,1-2H3,(H,26,28,29)(H3,22,23,24,25,27). The van der Waals surface area contributed by atoms with Crippen molar-refractivity contribution in [2.45, 2.75) is 17.8 Å². The molecule has 2 heterocycles. The number of hydrogen-bond donors (Lipinski definition) is 3. The molecule has 0 saturated heterocycles. The summed E-state index contributed by atoms with van der Waals surface area (Å²) < 4.78 is 5.38. The molecule has 31 heavy (non-hydrogen) atoms. The number of halogens is 1. The van der Waals surface area contributed by atoms with Crippen LogP contribution >= 0.6 is 23.4 Å². The second-order valence-corrected chi connectivity index (χ2v) is 7.85. The van der Waals surface area contributed by atoms with E-state index < -0.39 is 0 Å². The van der Waals surface area contributed by atoms with Crippen molar-refractivity contribution in [1.82, 2.24) is 30.1 Å². The van der Waals surface area contributed by atoms with E-state index in [2.05, 4.69) is 35.5 Å². The Bertz CT molecular complexity index is 1220. The van der Waals surface area contributed by atoms with Crippen LogP contribution < -0.4 is 15.8 Å². The Kier molecular flexibility index (Phi) is 6.19. The van der Waals surface area contributed by atoms with Crippen molar-refractivity contribution >= 4 is 40.9 Å². The first-order chi connectivity index (χ1) is 15.0. The molecular weight excluding hydrogens is 436 g/mol. The van der Waals surface area contributed by atoms with Crippen LogP contribution in [0.1, 0.15) is 11.4 Å². The maximum atomic E-state index is 6.11. The normalized spacial score (nSPS) is 10.8. The van der Waals surface area contributed by atoms with E-state index in [-0.39, 0.29) is 5.95 Å². The van der Waals surface area contributed by atoms with E-state index in [0.717, 1.165) is 16.8 Å². The monoisotopic (exact) mass is 454 g/mol. The smallest absolute Gasteiger partial charge is 0.232 e. The van der Waals surface area contributed by atoms with Crippen LogP contribution in [0.5, 0.6) is 5.75 Å². The van der Waals surface area contributed by atoms with E-state index >= 15 is 0 Å². The van der Waals surface area contributed by atoms with Gasteiger partial charge in [-0.15, -0.1) is 5.10 Å². The number of aromatic nitrogens is 6. The van der Waals surface area contributed by atoms with E-state index in [4.69, 9.17) is 22.1 Å². The molecule has 0 aliphatic carbocycles. The molecule has 2 aromatic heterocycles. The van der Waals surface area contributed by atoms with Crippen LogP contribution in [-0.2, 0) is 5.75 Å². The van der Waals surface area contributed by atoms with Crippen LogP contribution in [0.3, 0.4) is 0 Å². The molecule has 0 saturated carbocycles. The third-order valence-electron chi connectivity index (χ3n) is 4.30. The van der Waals surface area contributed by atoms with Gasteiger partial charge in [0.2, 0.25) is 17.1 Å². The zero-order chi connectivity index (χ0) is 21.8. The number of hydrogen-bond acceptors (Lipinski definition) is 9. The molecule has 0 atom stereocenters. The lowest BCUT2D eigenvalue weighted by Crippen LogP contribution is -2.07. The zero-order valence-corrected chi connectivity index (χ0v) is 18.3. The van der Waals surface area contributed by atoms with E-state index in [1.807, 2.05) is 31.2 Å². The highest BCUT2D eigenvalue weighted by Gasteiger charge is 2.13. The number of anilines is 3. The van der Waals surface area contributed by atoms with Gasteiger partial charge in [0.05, 0.1) is 18.4 Å². The van der Waals surface area contributed by atoms with Crippen molar-refractivity contribution in [2.24, 2.45) is 0 Å². The number of thioether (sulfide) groups is 1. The van der Waals surface area contributed by atoms with Crippen molar-refractivity contribution in [3.05, 3.63) is 58.9 Å². The van der Waals surface area contributed by atoms with Crippen LogP contribution in [0.2, 0.25) is 5.02 Å². The topological polar surface area (TPSA) is 128 Å². The number of H-pyrrole nitrogens is 1. The maximum Gasteiger partial charge on any atom is 0.232 e. The lowest BCUT2D eigenvalue weighted by atomic mass is 10.2. The molecule has 4 N–H and O–H groups in total. The Hall–Kier alpha value is -3.37. The number of aromatic amines is 1. The van der Waals surface area contributed by atoms with Crippen LogP contribution in [0, 0.1) is 6.92 Å². The molecular formula is C20H19ClN8OS. The highest BCUT2D eigenvalue weighted by Crippen LogP contribution is 2.31. The molecule has 9 nitrogen and oxygen atoms in total. The average molecular weight is 455 g/mol. The summed E-state index contributed by atoms with van der Waals surface area (Å²) in [7, 11) is 1.59. The number of benzene rings is 2. The quantitative estimate of drug-likeness (QED) is 0.351. The summed E-state index contributed by atoms with van der Waals surface area (Å²) in [4.78, 5) is 17.3. The lowest BCUT2D eigenvalue weighted by Gasteiger charge is -2.09. The number of nitrogens with two attached hydrogens (primary N) is 1. The first-order valence-electron chi connectivity index (χ1n) is 9.24. The van der Waals surface area contributed by atoms with Gasteiger partial charge in [0.15, 0.2) is 5.82 Å². The summed E-state index contributed by atoms with van der Waals surface area (Å²) in [6.45, 7) is 2.00. The molecule has 0 aliphatic rings. The first-order valence-corrected chi connectivity index (χ1v) is 10.6. The van der Waals surface area contributed by atoms with E-state index in [0.29, 0.717) is 39.3 Å². The highest BCUT2D eigenvalue weighted by molar-refractivity contribution is 7.98. The number of methoxy groups -OCH3 is 1. The Balaban J connectivity index is 1.48. The number of rotatable bonds is 7. The van der Waals surface area contributed by atoms with Gasteiger partial charge in [0, 0.05) is 10.7 Å². The van der Waals surface area contributed by atoms with Gasteiger partial charge in [-0.25, -0.2) is 4.98 Å². The van der Waals surface area contributed by atoms with Crippen molar-refractivity contribution in [3.8, 4) is 17.1 Å². The summed E-state index contributed by atoms with van der Waals surface area (Å²) in [6, 6.07) is 13.2. The molecule has 11 heteroatoms. The number of nitrogen functional groups attached to an aromatic ring is 1. The fourth-order valence-corrected chi connectivity index (χ4v) is 3.64. The number of aryl methyl sites for hydroxylation is 1. The van der Waals surface area contributed by atoms with Crippen molar-refractivity contribution in [1.29, 1.82) is 0 Å². The number of para-hydroxylation sites is 1.